The number of hydrogen-bond donors (Lipinski definition) is 1. The fourth-order valence-electron chi connectivity index (χ4n) is 2.35. The number of non-ortho nitro benzene ring substituents is 1. The Kier molecular flexibility index (Phi) is 5.78. The number of amides is 1. The molecule has 0 bridgehead atoms. The van der Waals surface area contributed by atoms with Crippen molar-refractivity contribution in [2.75, 3.05) is 6.54 Å². The Morgan fingerprint density at radius 3 is 2.67 bits per heavy atom. The van der Waals surface area contributed by atoms with Gasteiger partial charge in [-0.25, -0.2) is 9.37 Å². The molecular weight excluding hydrogens is 393 g/mol. The van der Waals surface area contributed by atoms with Crippen LogP contribution in [0.3, 0.4) is 0 Å². The van der Waals surface area contributed by atoms with Gasteiger partial charge in [0.2, 0.25) is 0 Å². The lowest BCUT2D eigenvalue weighted by atomic mass is 10.2. The number of hydrogen-bond acceptors (Lipinski definition) is 5. The third-order valence-electron chi connectivity index (χ3n) is 3.72. The average molecular weight is 406 g/mol. The standard InChI is InChI=1S/C18H13ClFN3O3S/c19-16-9-14(23(25)26)5-6-15(16)17(24)21-8-7-13-10-27-18(22-13)11-1-3-12(20)4-2-11/h1-6,9-10H,7-8H2,(H,21,24). The van der Waals surface area contributed by atoms with Crippen molar-refractivity contribution >= 4 is 34.5 Å². The first-order valence-electron chi connectivity index (χ1n) is 7.86. The molecule has 3 aromatic rings. The van der Waals surface area contributed by atoms with Crippen LogP contribution in [0.15, 0.2) is 47.8 Å². The number of nitrogens with one attached hydrogen (secondary N) is 1. The van der Waals surface area contributed by atoms with Crippen LogP contribution >= 0.6 is 22.9 Å². The number of carbonyl (C=O) groups excluding carboxylic acids is 1. The summed E-state index contributed by atoms with van der Waals surface area (Å²) in [6, 6.07) is 9.79. The molecule has 0 atom stereocenters. The molecule has 2 aromatic carbocycles. The van der Waals surface area contributed by atoms with Crippen LogP contribution in [0.25, 0.3) is 10.6 Å². The maximum absolute atomic E-state index is 13.0. The summed E-state index contributed by atoms with van der Waals surface area (Å²) in [6.45, 7) is 0.332. The Balaban J connectivity index is 1.58. The average Bonchev–Trinajstić information content (AvgIpc) is 3.11. The number of aromatic nitrogens is 1. The normalized spacial score (nSPS) is 10.6. The molecule has 1 N–H and O–H groups in total. The molecule has 0 saturated carbocycles. The van der Waals surface area contributed by atoms with Gasteiger partial charge in [0.1, 0.15) is 10.8 Å². The van der Waals surface area contributed by atoms with Gasteiger partial charge in [0.25, 0.3) is 11.6 Å². The van der Waals surface area contributed by atoms with Crippen LogP contribution in [0.4, 0.5) is 10.1 Å². The lowest BCUT2D eigenvalue weighted by molar-refractivity contribution is -0.384. The molecule has 3 rings (SSSR count). The summed E-state index contributed by atoms with van der Waals surface area (Å²) in [5.41, 5.74) is 1.63. The van der Waals surface area contributed by atoms with Crippen molar-refractivity contribution in [3.63, 3.8) is 0 Å². The van der Waals surface area contributed by atoms with E-state index >= 15 is 0 Å². The molecule has 1 aromatic heterocycles. The molecule has 0 aliphatic rings. The number of benzene rings is 2. The fourth-order valence-corrected chi connectivity index (χ4v) is 3.47. The van der Waals surface area contributed by atoms with Crippen LogP contribution in [-0.4, -0.2) is 22.4 Å². The zero-order chi connectivity index (χ0) is 19.4. The quantitative estimate of drug-likeness (QED) is 0.484. The van der Waals surface area contributed by atoms with Crippen molar-refractivity contribution in [2.45, 2.75) is 6.42 Å². The van der Waals surface area contributed by atoms with E-state index in [0.717, 1.165) is 22.3 Å². The molecule has 9 heteroatoms. The SMILES string of the molecule is O=C(NCCc1csc(-c2ccc(F)cc2)n1)c1ccc([N+](=O)[O-])cc1Cl. The maximum Gasteiger partial charge on any atom is 0.270 e. The van der Waals surface area contributed by atoms with E-state index in [9.17, 15) is 19.3 Å². The molecule has 0 spiro atoms. The second kappa shape index (κ2) is 8.24. The van der Waals surface area contributed by atoms with Gasteiger partial charge in [-0.2, -0.15) is 0 Å². The summed E-state index contributed by atoms with van der Waals surface area (Å²) in [4.78, 5) is 26.8. The Morgan fingerprint density at radius 2 is 2.00 bits per heavy atom. The molecule has 0 unspecified atom stereocenters. The van der Waals surface area contributed by atoms with Crippen molar-refractivity contribution in [2.24, 2.45) is 0 Å². The molecule has 27 heavy (non-hydrogen) atoms. The highest BCUT2D eigenvalue weighted by atomic mass is 35.5. The fraction of sp³-hybridized carbons (Fsp3) is 0.111. The number of nitro benzene ring substituents is 1. The van der Waals surface area contributed by atoms with Gasteiger partial charge < -0.3 is 5.32 Å². The topological polar surface area (TPSA) is 85.1 Å². The second-order valence-corrected chi connectivity index (χ2v) is 6.84. The number of nitro groups is 1. The third-order valence-corrected chi connectivity index (χ3v) is 4.97. The zero-order valence-corrected chi connectivity index (χ0v) is 15.4. The summed E-state index contributed by atoms with van der Waals surface area (Å²) in [5, 5.41) is 16.1. The van der Waals surface area contributed by atoms with Gasteiger partial charge in [0.15, 0.2) is 0 Å². The minimum absolute atomic E-state index is 0.0222. The number of thiazole rings is 1. The van der Waals surface area contributed by atoms with Gasteiger partial charge in [0.05, 0.1) is 21.2 Å². The summed E-state index contributed by atoms with van der Waals surface area (Å²) in [7, 11) is 0. The molecule has 138 valence electrons. The van der Waals surface area contributed by atoms with Gasteiger partial charge >= 0.3 is 0 Å². The van der Waals surface area contributed by atoms with Crippen LogP contribution in [0, 0.1) is 15.9 Å². The molecule has 0 radical (unpaired) electrons. The highest BCUT2D eigenvalue weighted by molar-refractivity contribution is 7.13. The van der Waals surface area contributed by atoms with Crippen LogP contribution in [0.5, 0.6) is 0 Å². The highest BCUT2D eigenvalue weighted by Crippen LogP contribution is 2.24. The highest BCUT2D eigenvalue weighted by Gasteiger charge is 2.15. The summed E-state index contributed by atoms with van der Waals surface area (Å²) in [5.74, 6) is -0.716. The molecule has 0 saturated heterocycles. The largest absolute Gasteiger partial charge is 0.352 e. The number of rotatable bonds is 6. The van der Waals surface area contributed by atoms with Crippen molar-refractivity contribution in [1.82, 2.24) is 10.3 Å². The third kappa shape index (κ3) is 4.66. The molecule has 0 aliphatic heterocycles. The van der Waals surface area contributed by atoms with Gasteiger partial charge in [-0.15, -0.1) is 11.3 Å². The van der Waals surface area contributed by atoms with Gasteiger partial charge in [-0.3, -0.25) is 14.9 Å². The van der Waals surface area contributed by atoms with Gasteiger partial charge in [-0.1, -0.05) is 11.6 Å². The van der Waals surface area contributed by atoms with Crippen molar-refractivity contribution in [3.05, 3.63) is 80.1 Å². The molecule has 0 aliphatic carbocycles. The van der Waals surface area contributed by atoms with Gasteiger partial charge in [0, 0.05) is 36.0 Å². The summed E-state index contributed by atoms with van der Waals surface area (Å²) in [6.07, 6.45) is 0.508. The van der Waals surface area contributed by atoms with Crippen molar-refractivity contribution in [3.8, 4) is 10.6 Å². The number of nitrogens with zero attached hydrogens (tertiary/aromatic N) is 2. The predicted octanol–water partition coefficient (Wildman–Crippen LogP) is 4.48. The minimum atomic E-state index is -0.575. The van der Waals surface area contributed by atoms with E-state index in [-0.39, 0.29) is 22.1 Å². The van der Waals surface area contributed by atoms with E-state index in [1.807, 2.05) is 5.38 Å². The van der Waals surface area contributed by atoms with E-state index in [0.29, 0.717) is 13.0 Å². The monoisotopic (exact) mass is 405 g/mol. The first kappa shape index (κ1) is 18.9. The Morgan fingerprint density at radius 1 is 1.26 bits per heavy atom. The summed E-state index contributed by atoms with van der Waals surface area (Å²) >= 11 is 7.38. The van der Waals surface area contributed by atoms with Crippen molar-refractivity contribution < 1.29 is 14.1 Å². The molecule has 1 amide bonds. The van der Waals surface area contributed by atoms with E-state index in [2.05, 4.69) is 10.3 Å². The second-order valence-electron chi connectivity index (χ2n) is 5.58. The van der Waals surface area contributed by atoms with E-state index < -0.39 is 10.8 Å². The smallest absolute Gasteiger partial charge is 0.270 e. The predicted molar refractivity (Wildman–Crippen MR) is 102 cm³/mol. The molecular formula is C18H13ClFN3O3S. The Hall–Kier alpha value is -2.84. The first-order valence-corrected chi connectivity index (χ1v) is 9.12. The first-order chi connectivity index (χ1) is 12.9. The van der Waals surface area contributed by atoms with Crippen molar-refractivity contribution in [1.29, 1.82) is 0 Å². The van der Waals surface area contributed by atoms with Crippen LogP contribution in [-0.2, 0) is 6.42 Å². The van der Waals surface area contributed by atoms with Crippen LogP contribution in [0.1, 0.15) is 16.1 Å². The Bertz CT molecular complexity index is 992. The molecule has 1 heterocycles. The maximum atomic E-state index is 13.0. The Labute approximate surface area is 162 Å². The van der Waals surface area contributed by atoms with E-state index in [4.69, 9.17) is 11.6 Å². The summed E-state index contributed by atoms with van der Waals surface area (Å²) < 4.78 is 13.0. The minimum Gasteiger partial charge on any atom is -0.352 e. The lowest BCUT2D eigenvalue weighted by Gasteiger charge is -2.06. The molecule has 0 fully saturated rings. The van der Waals surface area contributed by atoms with E-state index in [1.165, 1.54) is 35.6 Å². The van der Waals surface area contributed by atoms with Crippen LogP contribution < -0.4 is 5.32 Å². The zero-order valence-electron chi connectivity index (χ0n) is 13.8. The number of halogens is 2. The lowest BCUT2D eigenvalue weighted by Crippen LogP contribution is -2.26. The van der Waals surface area contributed by atoms with Gasteiger partial charge in [-0.05, 0) is 30.3 Å². The molecule has 6 nitrogen and oxygen atoms in total. The van der Waals surface area contributed by atoms with Crippen LogP contribution in [0.2, 0.25) is 5.02 Å². The van der Waals surface area contributed by atoms with E-state index in [1.54, 1.807) is 12.1 Å². The number of carbonyl (C=O) groups is 1.